The van der Waals surface area contributed by atoms with Gasteiger partial charge < -0.3 is 11.1 Å². The van der Waals surface area contributed by atoms with Crippen LogP contribution in [0.25, 0.3) is 10.9 Å². The maximum Gasteiger partial charge on any atom is 0.237 e. The summed E-state index contributed by atoms with van der Waals surface area (Å²) in [6.07, 6.45) is 6.69. The van der Waals surface area contributed by atoms with Gasteiger partial charge in [-0.1, -0.05) is 18.2 Å². The fraction of sp³-hybridized carbons (Fsp3) is 0.500. The van der Waals surface area contributed by atoms with Crippen LogP contribution in [0.3, 0.4) is 0 Å². The third kappa shape index (κ3) is 2.12. The van der Waals surface area contributed by atoms with E-state index in [1.807, 2.05) is 18.3 Å². The molecule has 2 fully saturated rings. The van der Waals surface area contributed by atoms with E-state index < -0.39 is 5.54 Å². The maximum absolute atomic E-state index is 12.0. The molecule has 2 aliphatic carbocycles. The Balaban J connectivity index is 1.64. The molecule has 1 aromatic heterocycles. The summed E-state index contributed by atoms with van der Waals surface area (Å²) in [6.45, 7) is 0. The van der Waals surface area contributed by atoms with Gasteiger partial charge in [0.1, 0.15) is 0 Å². The summed E-state index contributed by atoms with van der Waals surface area (Å²) in [5, 5.41) is 9.17. The average molecular weight is 284 g/mol. The molecule has 0 radical (unpaired) electrons. The molecule has 0 bridgehead atoms. The number of benzene rings is 1. The van der Waals surface area contributed by atoms with Gasteiger partial charge in [-0.25, -0.2) is 0 Å². The second-order valence-corrected chi connectivity index (χ2v) is 6.41. The summed E-state index contributed by atoms with van der Waals surface area (Å²) in [5.74, 6) is -0.214. The largest absolute Gasteiger partial charge is 0.368 e. The van der Waals surface area contributed by atoms with Crippen molar-refractivity contribution >= 4 is 16.8 Å². The van der Waals surface area contributed by atoms with Crippen molar-refractivity contribution in [1.29, 1.82) is 0 Å². The Hall–Kier alpha value is -1.88. The summed E-state index contributed by atoms with van der Waals surface area (Å²) >= 11 is 0. The van der Waals surface area contributed by atoms with Gasteiger partial charge in [0.15, 0.2) is 0 Å². The Labute approximate surface area is 123 Å². The lowest BCUT2D eigenvalue weighted by atomic mass is 9.96. The van der Waals surface area contributed by atoms with E-state index >= 15 is 0 Å². The Morgan fingerprint density at radius 3 is 2.90 bits per heavy atom. The van der Waals surface area contributed by atoms with Crippen LogP contribution in [0.2, 0.25) is 0 Å². The zero-order valence-corrected chi connectivity index (χ0v) is 12.0. The first-order valence-electron chi connectivity index (χ1n) is 7.68. The van der Waals surface area contributed by atoms with Gasteiger partial charge in [-0.2, -0.15) is 5.10 Å². The number of rotatable bonds is 4. The number of amides is 1. The van der Waals surface area contributed by atoms with Crippen molar-refractivity contribution in [2.45, 2.75) is 49.7 Å². The van der Waals surface area contributed by atoms with E-state index in [2.05, 4.69) is 27.2 Å². The molecular formula is C16H20N4O. The predicted molar refractivity (Wildman–Crippen MR) is 80.7 cm³/mol. The number of hydrogen-bond donors (Lipinski definition) is 2. The number of fused-ring (bicyclic) bond motifs is 1. The fourth-order valence-corrected chi connectivity index (χ4v) is 3.56. The SMILES string of the molecule is NC(=O)C1(NC2CC2)CCC(n2ncc3ccccc32)C1. The summed E-state index contributed by atoms with van der Waals surface area (Å²) in [7, 11) is 0. The van der Waals surface area contributed by atoms with Crippen LogP contribution in [-0.4, -0.2) is 27.3 Å². The van der Waals surface area contributed by atoms with E-state index in [0.29, 0.717) is 6.04 Å². The monoisotopic (exact) mass is 284 g/mol. The Morgan fingerprint density at radius 2 is 2.14 bits per heavy atom. The number of para-hydroxylation sites is 1. The highest BCUT2D eigenvalue weighted by atomic mass is 16.1. The molecule has 5 nitrogen and oxygen atoms in total. The van der Waals surface area contributed by atoms with E-state index in [1.165, 1.54) is 0 Å². The van der Waals surface area contributed by atoms with Crippen molar-refractivity contribution in [3.05, 3.63) is 30.5 Å². The molecule has 3 N–H and O–H groups in total. The Bertz CT molecular complexity index is 690. The van der Waals surface area contributed by atoms with Crippen molar-refractivity contribution in [2.75, 3.05) is 0 Å². The summed E-state index contributed by atoms with van der Waals surface area (Å²) in [6, 6.07) is 8.91. The van der Waals surface area contributed by atoms with Gasteiger partial charge in [0.05, 0.1) is 23.3 Å². The number of carbonyl (C=O) groups is 1. The number of hydrogen-bond acceptors (Lipinski definition) is 3. The zero-order valence-electron chi connectivity index (χ0n) is 12.0. The molecule has 2 saturated carbocycles. The molecule has 2 unspecified atom stereocenters. The van der Waals surface area contributed by atoms with Gasteiger partial charge in [-0.15, -0.1) is 0 Å². The summed E-state index contributed by atoms with van der Waals surface area (Å²) in [5.41, 5.74) is 6.30. The van der Waals surface area contributed by atoms with Crippen LogP contribution < -0.4 is 11.1 Å². The van der Waals surface area contributed by atoms with Crippen LogP contribution in [0.1, 0.15) is 38.1 Å². The number of nitrogens with one attached hydrogen (secondary N) is 1. The number of primary amides is 1. The van der Waals surface area contributed by atoms with Gasteiger partial charge in [0, 0.05) is 11.4 Å². The first-order chi connectivity index (χ1) is 10.2. The molecule has 0 spiro atoms. The molecule has 1 aromatic carbocycles. The zero-order chi connectivity index (χ0) is 14.4. The predicted octanol–water partition coefficient (Wildman–Crippen LogP) is 1.74. The third-order valence-electron chi connectivity index (χ3n) is 4.87. The summed E-state index contributed by atoms with van der Waals surface area (Å²) in [4.78, 5) is 12.0. The van der Waals surface area contributed by atoms with E-state index in [9.17, 15) is 4.79 Å². The quantitative estimate of drug-likeness (QED) is 0.898. The second-order valence-electron chi connectivity index (χ2n) is 6.41. The van der Waals surface area contributed by atoms with E-state index in [-0.39, 0.29) is 11.9 Å². The van der Waals surface area contributed by atoms with Crippen molar-refractivity contribution in [1.82, 2.24) is 15.1 Å². The minimum atomic E-state index is -0.543. The van der Waals surface area contributed by atoms with Crippen molar-refractivity contribution < 1.29 is 4.79 Å². The van der Waals surface area contributed by atoms with E-state index in [4.69, 9.17) is 5.73 Å². The van der Waals surface area contributed by atoms with Gasteiger partial charge in [-0.05, 0) is 38.2 Å². The topological polar surface area (TPSA) is 72.9 Å². The summed E-state index contributed by atoms with van der Waals surface area (Å²) < 4.78 is 2.06. The van der Waals surface area contributed by atoms with E-state index in [0.717, 1.165) is 43.0 Å². The molecule has 2 aliphatic rings. The van der Waals surface area contributed by atoms with Crippen LogP contribution in [0, 0.1) is 0 Å². The van der Waals surface area contributed by atoms with Gasteiger partial charge in [0.2, 0.25) is 5.91 Å². The molecular weight excluding hydrogens is 264 g/mol. The number of carbonyl (C=O) groups excluding carboxylic acids is 1. The lowest BCUT2D eigenvalue weighted by Crippen LogP contribution is -2.54. The highest BCUT2D eigenvalue weighted by Crippen LogP contribution is 2.40. The molecule has 4 rings (SSSR count). The van der Waals surface area contributed by atoms with E-state index in [1.54, 1.807) is 0 Å². The average Bonchev–Trinajstić information content (AvgIpc) is 3.01. The molecule has 1 heterocycles. The molecule has 110 valence electrons. The Morgan fingerprint density at radius 1 is 1.33 bits per heavy atom. The minimum absolute atomic E-state index is 0.214. The number of nitrogens with two attached hydrogens (primary N) is 1. The molecule has 21 heavy (non-hydrogen) atoms. The van der Waals surface area contributed by atoms with Crippen LogP contribution in [0.5, 0.6) is 0 Å². The van der Waals surface area contributed by atoms with Crippen LogP contribution in [0.4, 0.5) is 0 Å². The van der Waals surface area contributed by atoms with Crippen molar-refractivity contribution in [2.24, 2.45) is 5.73 Å². The fourth-order valence-electron chi connectivity index (χ4n) is 3.56. The van der Waals surface area contributed by atoms with Crippen molar-refractivity contribution in [3.63, 3.8) is 0 Å². The van der Waals surface area contributed by atoms with Crippen LogP contribution >= 0.6 is 0 Å². The minimum Gasteiger partial charge on any atom is -0.368 e. The molecule has 1 amide bonds. The molecule has 5 heteroatoms. The van der Waals surface area contributed by atoms with Crippen molar-refractivity contribution in [3.8, 4) is 0 Å². The highest BCUT2D eigenvalue weighted by molar-refractivity contribution is 5.85. The number of nitrogens with zero attached hydrogens (tertiary/aromatic N) is 2. The smallest absolute Gasteiger partial charge is 0.237 e. The van der Waals surface area contributed by atoms with Gasteiger partial charge in [-0.3, -0.25) is 9.48 Å². The van der Waals surface area contributed by atoms with Gasteiger partial charge in [0.25, 0.3) is 0 Å². The molecule has 0 aliphatic heterocycles. The molecule has 0 saturated heterocycles. The highest BCUT2D eigenvalue weighted by Gasteiger charge is 2.47. The molecule has 2 aromatic rings. The molecule has 2 atom stereocenters. The van der Waals surface area contributed by atoms with Crippen LogP contribution in [0.15, 0.2) is 30.5 Å². The normalized spacial score (nSPS) is 29.0. The maximum atomic E-state index is 12.0. The standard InChI is InChI=1S/C16H20N4O/c17-15(21)16(19-12-5-6-12)8-7-13(9-16)20-14-4-2-1-3-11(14)10-18-20/h1-4,10,12-13,19H,5-9H2,(H2,17,21). The van der Waals surface area contributed by atoms with Gasteiger partial charge >= 0.3 is 0 Å². The first kappa shape index (κ1) is 12.8. The third-order valence-corrected chi connectivity index (χ3v) is 4.87. The van der Waals surface area contributed by atoms with Crippen LogP contribution in [-0.2, 0) is 4.79 Å². The number of aromatic nitrogens is 2. The Kier molecular flexibility index (Phi) is 2.79. The first-order valence-corrected chi connectivity index (χ1v) is 7.68. The lowest BCUT2D eigenvalue weighted by molar-refractivity contribution is -0.124. The lowest BCUT2D eigenvalue weighted by Gasteiger charge is -2.27. The second kappa shape index (κ2) is 4.56.